The quantitative estimate of drug-likeness (QED) is 0.705. The molecule has 1 aromatic carbocycles. The van der Waals surface area contributed by atoms with Crippen LogP contribution in [0.1, 0.15) is 44.6 Å². The Kier molecular flexibility index (Phi) is 6.96. The Labute approximate surface area is 143 Å². The molecule has 0 aromatic heterocycles. The van der Waals surface area contributed by atoms with Crippen LogP contribution in [0.25, 0.3) is 0 Å². The molecule has 1 aliphatic carbocycles. The van der Waals surface area contributed by atoms with Crippen LogP contribution in [0.4, 0.5) is 18.9 Å². The highest BCUT2D eigenvalue weighted by Gasteiger charge is 2.31. The number of hydrogen-bond donors (Lipinski definition) is 0. The molecule has 0 spiro atoms. The largest absolute Gasteiger partial charge is 0.416 e. The van der Waals surface area contributed by atoms with Gasteiger partial charge in [0.25, 0.3) is 0 Å². The summed E-state index contributed by atoms with van der Waals surface area (Å²) in [7, 11) is 2.02. The highest BCUT2D eigenvalue weighted by Crippen LogP contribution is 2.31. The summed E-state index contributed by atoms with van der Waals surface area (Å²) in [6.45, 7) is 5.68. The van der Waals surface area contributed by atoms with E-state index in [4.69, 9.17) is 0 Å². The Morgan fingerprint density at radius 3 is 2.08 bits per heavy atom. The fraction of sp³-hybridized carbons (Fsp3) is 0.684. The van der Waals surface area contributed by atoms with E-state index in [2.05, 4.69) is 11.8 Å². The molecule has 1 heterocycles. The van der Waals surface area contributed by atoms with Gasteiger partial charge in [-0.05, 0) is 31.2 Å². The van der Waals surface area contributed by atoms with Gasteiger partial charge in [0.05, 0.1) is 5.56 Å². The van der Waals surface area contributed by atoms with Crippen LogP contribution in [-0.4, -0.2) is 38.1 Å². The van der Waals surface area contributed by atoms with E-state index in [1.807, 2.05) is 11.9 Å². The van der Waals surface area contributed by atoms with Gasteiger partial charge in [0, 0.05) is 31.9 Å². The average molecular weight is 342 g/mol. The van der Waals surface area contributed by atoms with Crippen LogP contribution in [0.15, 0.2) is 24.3 Å². The first-order valence-electron chi connectivity index (χ1n) is 8.97. The minimum Gasteiger partial charge on any atom is -0.369 e. The van der Waals surface area contributed by atoms with Crippen molar-refractivity contribution in [3.05, 3.63) is 29.8 Å². The van der Waals surface area contributed by atoms with E-state index in [9.17, 15) is 13.2 Å². The molecule has 5 heteroatoms. The lowest BCUT2D eigenvalue weighted by molar-refractivity contribution is -0.137. The maximum absolute atomic E-state index is 12.6. The Hall–Kier alpha value is -1.23. The number of halogens is 3. The number of nitrogens with zero attached hydrogens (tertiary/aromatic N) is 2. The fourth-order valence-corrected chi connectivity index (χ4v) is 3.25. The van der Waals surface area contributed by atoms with E-state index in [-0.39, 0.29) is 0 Å². The molecule has 136 valence electrons. The number of hydrogen-bond acceptors (Lipinski definition) is 2. The summed E-state index contributed by atoms with van der Waals surface area (Å²) in [6.07, 6.45) is 3.18. The van der Waals surface area contributed by atoms with Crippen molar-refractivity contribution in [2.24, 2.45) is 5.92 Å². The van der Waals surface area contributed by atoms with Gasteiger partial charge in [-0.15, -0.1) is 0 Å². The van der Waals surface area contributed by atoms with Gasteiger partial charge in [-0.1, -0.05) is 45.1 Å². The van der Waals surface area contributed by atoms with Gasteiger partial charge >= 0.3 is 6.18 Å². The summed E-state index contributed by atoms with van der Waals surface area (Å²) in [4.78, 5) is 4.17. The van der Waals surface area contributed by atoms with Gasteiger partial charge in [-0.25, -0.2) is 0 Å². The number of benzene rings is 1. The second-order valence-corrected chi connectivity index (χ2v) is 7.08. The summed E-state index contributed by atoms with van der Waals surface area (Å²) >= 11 is 0. The molecule has 2 aliphatic rings. The smallest absolute Gasteiger partial charge is 0.369 e. The molecule has 1 aromatic rings. The van der Waals surface area contributed by atoms with E-state index in [0.717, 1.165) is 38.2 Å². The normalized spacial score (nSPS) is 20.5. The Morgan fingerprint density at radius 1 is 0.958 bits per heavy atom. The third-order valence-corrected chi connectivity index (χ3v) is 4.94. The van der Waals surface area contributed by atoms with Gasteiger partial charge in [0.2, 0.25) is 0 Å². The highest BCUT2D eigenvalue weighted by atomic mass is 19.4. The van der Waals surface area contributed by atoms with Crippen LogP contribution in [-0.2, 0) is 6.18 Å². The van der Waals surface area contributed by atoms with Crippen molar-refractivity contribution in [3.8, 4) is 0 Å². The lowest BCUT2D eigenvalue weighted by atomic mass is 9.91. The first kappa shape index (κ1) is 19.1. The summed E-state index contributed by atoms with van der Waals surface area (Å²) in [6, 6.07) is 5.54. The van der Waals surface area contributed by atoms with Crippen molar-refractivity contribution in [3.63, 3.8) is 0 Å². The second kappa shape index (κ2) is 8.75. The van der Waals surface area contributed by atoms with E-state index in [0.29, 0.717) is 5.69 Å². The molecular weight excluding hydrogens is 313 g/mol. The summed E-state index contributed by atoms with van der Waals surface area (Å²) in [5.74, 6) is 1.04. The Bertz CT molecular complexity index is 488. The van der Waals surface area contributed by atoms with E-state index in [1.165, 1.54) is 44.2 Å². The van der Waals surface area contributed by atoms with Gasteiger partial charge in [0.1, 0.15) is 0 Å². The van der Waals surface area contributed by atoms with Crippen molar-refractivity contribution in [2.45, 2.75) is 45.2 Å². The molecule has 1 saturated heterocycles. The standard InChI is InChI=1S/C12H15F3N2.C7H14/c1-16-5-7-17(8-6-16)11-4-2-3-10(9-11)12(13,14)15;1-7-5-3-2-4-6-7/h2-4,9H,5-8H2,1H3;7H,2-6H2,1H3. The van der Waals surface area contributed by atoms with E-state index < -0.39 is 11.7 Å². The topological polar surface area (TPSA) is 6.48 Å². The molecule has 1 saturated carbocycles. The minimum atomic E-state index is -4.26. The predicted molar refractivity (Wildman–Crippen MR) is 93.4 cm³/mol. The van der Waals surface area contributed by atoms with Gasteiger partial charge in [0.15, 0.2) is 0 Å². The monoisotopic (exact) mass is 342 g/mol. The predicted octanol–water partition coefficient (Wildman–Crippen LogP) is 5.04. The number of rotatable bonds is 1. The summed E-state index contributed by atoms with van der Waals surface area (Å²) in [5.41, 5.74) is 0.0850. The first-order chi connectivity index (χ1) is 11.4. The number of alkyl halides is 3. The van der Waals surface area contributed by atoms with Crippen molar-refractivity contribution in [1.82, 2.24) is 4.90 Å². The molecule has 0 atom stereocenters. The van der Waals surface area contributed by atoms with Gasteiger partial charge in [-0.3, -0.25) is 0 Å². The highest BCUT2D eigenvalue weighted by molar-refractivity contribution is 5.49. The SMILES string of the molecule is CC1CCCCC1.CN1CCN(c2cccc(C(F)(F)F)c2)CC1. The van der Waals surface area contributed by atoms with E-state index in [1.54, 1.807) is 6.07 Å². The zero-order valence-corrected chi connectivity index (χ0v) is 14.8. The minimum absolute atomic E-state index is 0.575. The Morgan fingerprint density at radius 2 is 1.58 bits per heavy atom. The molecule has 0 N–H and O–H groups in total. The molecule has 3 rings (SSSR count). The van der Waals surface area contributed by atoms with Crippen molar-refractivity contribution in [1.29, 1.82) is 0 Å². The van der Waals surface area contributed by atoms with Crippen molar-refractivity contribution >= 4 is 5.69 Å². The van der Waals surface area contributed by atoms with Gasteiger partial charge in [-0.2, -0.15) is 13.2 Å². The molecule has 0 radical (unpaired) electrons. The first-order valence-corrected chi connectivity index (χ1v) is 8.97. The second-order valence-electron chi connectivity index (χ2n) is 7.08. The van der Waals surface area contributed by atoms with Gasteiger partial charge < -0.3 is 9.80 Å². The molecule has 2 fully saturated rings. The maximum Gasteiger partial charge on any atom is 0.416 e. The molecule has 24 heavy (non-hydrogen) atoms. The molecule has 1 aliphatic heterocycles. The maximum atomic E-state index is 12.6. The van der Waals surface area contributed by atoms with Crippen LogP contribution in [0.2, 0.25) is 0 Å². The van der Waals surface area contributed by atoms with Crippen LogP contribution in [0.5, 0.6) is 0 Å². The molecule has 0 amide bonds. The molecule has 2 nitrogen and oxygen atoms in total. The molecule has 0 bridgehead atoms. The fourth-order valence-electron chi connectivity index (χ4n) is 3.25. The number of piperazine rings is 1. The summed E-state index contributed by atoms with van der Waals surface area (Å²) in [5, 5.41) is 0. The van der Waals surface area contributed by atoms with Crippen molar-refractivity contribution < 1.29 is 13.2 Å². The van der Waals surface area contributed by atoms with Crippen molar-refractivity contribution in [2.75, 3.05) is 38.1 Å². The molecular formula is C19H29F3N2. The van der Waals surface area contributed by atoms with E-state index >= 15 is 0 Å². The number of likely N-dealkylation sites (N-methyl/N-ethyl adjacent to an activating group) is 1. The zero-order valence-electron chi connectivity index (χ0n) is 14.8. The van der Waals surface area contributed by atoms with Crippen LogP contribution >= 0.6 is 0 Å². The lowest BCUT2D eigenvalue weighted by Crippen LogP contribution is -2.44. The lowest BCUT2D eigenvalue weighted by Gasteiger charge is -2.34. The molecule has 0 unspecified atom stereocenters. The van der Waals surface area contributed by atoms with Crippen LogP contribution in [0, 0.1) is 5.92 Å². The third kappa shape index (κ3) is 6.00. The zero-order chi connectivity index (χ0) is 17.6. The summed E-state index contributed by atoms with van der Waals surface area (Å²) < 4.78 is 37.7. The van der Waals surface area contributed by atoms with Crippen LogP contribution < -0.4 is 4.90 Å². The Balaban J connectivity index is 0.000000249. The van der Waals surface area contributed by atoms with Crippen LogP contribution in [0.3, 0.4) is 0 Å². The average Bonchev–Trinajstić information content (AvgIpc) is 2.56. The number of anilines is 1. The third-order valence-electron chi connectivity index (χ3n) is 4.94.